The molecule has 0 aromatic carbocycles. The van der Waals surface area contributed by atoms with Gasteiger partial charge in [0.1, 0.15) is 0 Å². The number of nitrogens with zero attached hydrogens (tertiary/aromatic N) is 1. The molecule has 0 radical (unpaired) electrons. The van der Waals surface area contributed by atoms with Crippen LogP contribution in [-0.2, 0) is 0 Å². The average Bonchev–Trinajstić information content (AvgIpc) is 2.23. The third kappa shape index (κ3) is 3.38. The van der Waals surface area contributed by atoms with Gasteiger partial charge in [-0.3, -0.25) is 4.99 Å². The first-order valence-electron chi connectivity index (χ1n) is 4.81. The molecule has 0 rings (SSSR count). The zero-order valence-corrected chi connectivity index (χ0v) is 9.20. The van der Waals surface area contributed by atoms with Gasteiger partial charge in [-0.05, 0) is 13.3 Å². The molecule has 0 aromatic heterocycles. The van der Waals surface area contributed by atoms with Crippen molar-refractivity contribution < 1.29 is 5.11 Å². The summed E-state index contributed by atoms with van der Waals surface area (Å²) in [5.74, 6) is 0. The van der Waals surface area contributed by atoms with E-state index in [4.69, 9.17) is 11.5 Å². The van der Waals surface area contributed by atoms with Gasteiger partial charge in [-0.2, -0.15) is 0 Å². The molecule has 0 aromatic rings. The minimum Gasteiger partial charge on any atom is -0.403 e. The van der Waals surface area contributed by atoms with Crippen molar-refractivity contribution in [3.63, 3.8) is 0 Å². The highest BCUT2D eigenvalue weighted by atomic mass is 16.3. The van der Waals surface area contributed by atoms with Crippen LogP contribution in [0.15, 0.2) is 16.9 Å². The van der Waals surface area contributed by atoms with Crippen molar-refractivity contribution in [2.45, 2.75) is 33.2 Å². The number of nitrogens with two attached hydrogens (primary N) is 2. The van der Waals surface area contributed by atoms with Gasteiger partial charge in [0.15, 0.2) is 0 Å². The van der Waals surface area contributed by atoms with Gasteiger partial charge >= 0.3 is 0 Å². The van der Waals surface area contributed by atoms with Crippen molar-refractivity contribution in [3.8, 4) is 0 Å². The van der Waals surface area contributed by atoms with E-state index < -0.39 is 0 Å². The van der Waals surface area contributed by atoms with Crippen LogP contribution < -0.4 is 11.5 Å². The molecule has 0 aliphatic heterocycles. The predicted molar refractivity (Wildman–Crippen MR) is 59.9 cm³/mol. The lowest BCUT2D eigenvalue weighted by Crippen LogP contribution is -2.32. The third-order valence-corrected chi connectivity index (χ3v) is 2.82. The van der Waals surface area contributed by atoms with Crippen molar-refractivity contribution in [1.29, 1.82) is 0 Å². The lowest BCUT2D eigenvalue weighted by molar-refractivity contribution is 0.117. The van der Waals surface area contributed by atoms with Crippen LogP contribution in [0.4, 0.5) is 0 Å². The Bertz CT molecular complexity index is 219. The summed E-state index contributed by atoms with van der Waals surface area (Å²) in [4.78, 5) is 4.25. The molecule has 5 N–H and O–H groups in total. The van der Waals surface area contributed by atoms with Crippen LogP contribution in [0.1, 0.15) is 27.2 Å². The van der Waals surface area contributed by atoms with Crippen LogP contribution in [0.2, 0.25) is 0 Å². The largest absolute Gasteiger partial charge is 0.403 e. The van der Waals surface area contributed by atoms with E-state index in [0.29, 0.717) is 5.70 Å². The van der Waals surface area contributed by atoms with Crippen molar-refractivity contribution in [2.75, 3.05) is 6.61 Å². The van der Waals surface area contributed by atoms with Gasteiger partial charge in [-0.1, -0.05) is 13.8 Å². The molecule has 82 valence electrons. The molecule has 4 heteroatoms. The molecular formula is C10H21N3O. The normalized spacial score (nSPS) is 19.6. The number of aliphatic hydroxyl groups excluding tert-OH is 1. The second-order valence-corrected chi connectivity index (χ2v) is 3.79. The van der Waals surface area contributed by atoms with E-state index in [1.54, 1.807) is 0 Å². The second-order valence-electron chi connectivity index (χ2n) is 3.79. The number of aliphatic imine (C=N–C) groups is 1. The van der Waals surface area contributed by atoms with E-state index in [9.17, 15) is 5.11 Å². The lowest BCUT2D eigenvalue weighted by atomic mass is 9.82. The Kier molecular flexibility index (Phi) is 5.23. The minimum absolute atomic E-state index is 0.0241. The lowest BCUT2D eigenvalue weighted by Gasteiger charge is -2.29. The van der Waals surface area contributed by atoms with Gasteiger partial charge in [0.25, 0.3) is 0 Å². The molecule has 0 saturated heterocycles. The van der Waals surface area contributed by atoms with Crippen LogP contribution >= 0.6 is 0 Å². The third-order valence-electron chi connectivity index (χ3n) is 2.82. The fraction of sp³-hybridized carbons (Fsp3) is 0.700. The SMILES string of the molecule is CCC(C)(CO)[C@@H](C)N=C/C(N)=C\N. The number of hydrogen-bond donors (Lipinski definition) is 3. The molecule has 0 saturated carbocycles. The molecule has 14 heavy (non-hydrogen) atoms. The maximum atomic E-state index is 9.23. The summed E-state index contributed by atoms with van der Waals surface area (Å²) in [5, 5.41) is 9.23. The molecule has 2 atom stereocenters. The Morgan fingerprint density at radius 1 is 1.64 bits per heavy atom. The zero-order valence-electron chi connectivity index (χ0n) is 9.20. The number of allylic oxidation sites excluding steroid dienone is 1. The Hall–Kier alpha value is -1.03. The predicted octanol–water partition coefficient (Wildman–Crippen LogP) is 0.613. The Morgan fingerprint density at radius 2 is 2.21 bits per heavy atom. The molecule has 1 unspecified atom stereocenters. The summed E-state index contributed by atoms with van der Waals surface area (Å²) in [7, 11) is 0. The number of rotatable bonds is 5. The topological polar surface area (TPSA) is 84.6 Å². The molecule has 0 spiro atoms. The van der Waals surface area contributed by atoms with E-state index in [2.05, 4.69) is 4.99 Å². The molecule has 0 bridgehead atoms. The standard InChI is InChI=1S/C10H21N3O/c1-4-10(3,7-14)8(2)13-6-9(12)5-11/h5-6,8,14H,4,7,11-12H2,1-3H3/b9-5+,13-6?/t8-,10?/m1/s1. The first-order valence-corrected chi connectivity index (χ1v) is 4.81. The first kappa shape index (κ1) is 13.0. The van der Waals surface area contributed by atoms with Crippen LogP contribution in [0.25, 0.3) is 0 Å². The van der Waals surface area contributed by atoms with Crippen LogP contribution in [0, 0.1) is 5.41 Å². The van der Waals surface area contributed by atoms with Gasteiger partial charge in [0.05, 0.1) is 18.3 Å². The summed E-state index contributed by atoms with van der Waals surface area (Å²) in [6.07, 6.45) is 3.71. The fourth-order valence-electron chi connectivity index (χ4n) is 0.960. The quantitative estimate of drug-likeness (QED) is 0.567. The maximum Gasteiger partial charge on any atom is 0.0653 e. The Morgan fingerprint density at radius 3 is 2.57 bits per heavy atom. The van der Waals surface area contributed by atoms with Gasteiger partial charge in [0.2, 0.25) is 0 Å². The molecule has 0 aliphatic rings. The molecular weight excluding hydrogens is 178 g/mol. The maximum absolute atomic E-state index is 9.23. The van der Waals surface area contributed by atoms with Gasteiger partial charge < -0.3 is 16.6 Å². The molecule has 0 fully saturated rings. The van der Waals surface area contributed by atoms with Crippen molar-refractivity contribution >= 4 is 6.21 Å². The summed E-state index contributed by atoms with van der Waals surface area (Å²) < 4.78 is 0. The molecule has 0 aliphatic carbocycles. The minimum atomic E-state index is -0.189. The van der Waals surface area contributed by atoms with E-state index >= 15 is 0 Å². The average molecular weight is 199 g/mol. The van der Waals surface area contributed by atoms with Crippen molar-refractivity contribution in [1.82, 2.24) is 0 Å². The molecule has 0 heterocycles. The van der Waals surface area contributed by atoms with E-state index in [1.807, 2.05) is 20.8 Å². The molecule has 0 amide bonds. The van der Waals surface area contributed by atoms with E-state index in [-0.39, 0.29) is 18.1 Å². The summed E-state index contributed by atoms with van der Waals surface area (Å²) >= 11 is 0. The monoisotopic (exact) mass is 199 g/mol. The van der Waals surface area contributed by atoms with Crippen molar-refractivity contribution in [3.05, 3.63) is 11.9 Å². The van der Waals surface area contributed by atoms with Gasteiger partial charge in [-0.15, -0.1) is 0 Å². The van der Waals surface area contributed by atoms with Gasteiger partial charge in [-0.25, -0.2) is 0 Å². The van der Waals surface area contributed by atoms with E-state index in [0.717, 1.165) is 6.42 Å². The second kappa shape index (κ2) is 5.65. The van der Waals surface area contributed by atoms with Crippen LogP contribution in [0.3, 0.4) is 0 Å². The van der Waals surface area contributed by atoms with E-state index in [1.165, 1.54) is 12.4 Å². The van der Waals surface area contributed by atoms with Gasteiger partial charge in [0, 0.05) is 17.8 Å². The van der Waals surface area contributed by atoms with Crippen LogP contribution in [-0.4, -0.2) is 24.0 Å². The smallest absolute Gasteiger partial charge is 0.0653 e. The summed E-state index contributed by atoms with van der Waals surface area (Å²) in [6.45, 7) is 6.11. The molecule has 4 nitrogen and oxygen atoms in total. The zero-order chi connectivity index (χ0) is 11.2. The fourth-order valence-corrected chi connectivity index (χ4v) is 0.960. The number of aliphatic hydroxyl groups is 1. The summed E-state index contributed by atoms with van der Waals surface area (Å²) in [5.41, 5.74) is 10.9. The first-order chi connectivity index (χ1) is 6.50. The van der Waals surface area contributed by atoms with Crippen LogP contribution in [0.5, 0.6) is 0 Å². The Balaban J connectivity index is 4.46. The highest BCUT2D eigenvalue weighted by molar-refractivity contribution is 5.77. The Labute approximate surface area is 85.7 Å². The van der Waals surface area contributed by atoms with Crippen molar-refractivity contribution in [2.24, 2.45) is 21.9 Å². The number of hydrogen-bond acceptors (Lipinski definition) is 4. The highest BCUT2D eigenvalue weighted by Crippen LogP contribution is 2.26. The highest BCUT2D eigenvalue weighted by Gasteiger charge is 2.27. The summed E-state index contributed by atoms with van der Waals surface area (Å²) in [6, 6.07) is 0.0241.